The standard InChI is InChI=1S/C12H13FN2O5/c1-2-3-19-8-5-15(12(18)14-11(8)17)10-4-7(13)9(6-16)20-10/h1,5,7,9-10,16H,3-4,6H2,(H,14,17,18)/t7-,9+,10+/m0/s1. The van der Waals surface area contributed by atoms with E-state index in [2.05, 4.69) is 5.92 Å². The number of rotatable bonds is 4. The van der Waals surface area contributed by atoms with Gasteiger partial charge in [0.2, 0.25) is 5.75 Å². The zero-order chi connectivity index (χ0) is 14.7. The van der Waals surface area contributed by atoms with E-state index < -0.39 is 36.4 Å². The maximum absolute atomic E-state index is 13.5. The average molecular weight is 284 g/mol. The summed E-state index contributed by atoms with van der Waals surface area (Å²) in [5, 5.41) is 8.93. The molecule has 2 N–H and O–H groups in total. The first-order valence-corrected chi connectivity index (χ1v) is 5.89. The third-order valence-electron chi connectivity index (χ3n) is 2.90. The van der Waals surface area contributed by atoms with E-state index in [-0.39, 0.29) is 18.8 Å². The first-order valence-electron chi connectivity index (χ1n) is 5.89. The number of alkyl halides is 1. The summed E-state index contributed by atoms with van der Waals surface area (Å²) in [6.07, 6.45) is 2.73. The van der Waals surface area contributed by atoms with Gasteiger partial charge in [-0.2, -0.15) is 0 Å². The van der Waals surface area contributed by atoms with Gasteiger partial charge in [-0.05, 0) is 0 Å². The molecule has 0 saturated carbocycles. The Morgan fingerprint density at radius 3 is 3.00 bits per heavy atom. The van der Waals surface area contributed by atoms with Crippen molar-refractivity contribution in [3.8, 4) is 18.1 Å². The van der Waals surface area contributed by atoms with Gasteiger partial charge in [-0.3, -0.25) is 14.3 Å². The number of ether oxygens (including phenoxy) is 2. The van der Waals surface area contributed by atoms with Crippen LogP contribution in [0.3, 0.4) is 0 Å². The fourth-order valence-electron chi connectivity index (χ4n) is 1.93. The smallest absolute Gasteiger partial charge is 0.330 e. The van der Waals surface area contributed by atoms with Crippen LogP contribution in [-0.2, 0) is 4.74 Å². The molecule has 1 aromatic heterocycles. The molecule has 7 nitrogen and oxygen atoms in total. The fourth-order valence-corrected chi connectivity index (χ4v) is 1.93. The zero-order valence-corrected chi connectivity index (χ0v) is 10.4. The van der Waals surface area contributed by atoms with E-state index in [1.807, 2.05) is 4.98 Å². The van der Waals surface area contributed by atoms with Gasteiger partial charge in [0.25, 0.3) is 5.56 Å². The summed E-state index contributed by atoms with van der Waals surface area (Å²) in [6, 6.07) is 0. The van der Waals surface area contributed by atoms with E-state index in [9.17, 15) is 14.0 Å². The maximum atomic E-state index is 13.5. The molecule has 3 atom stereocenters. The Morgan fingerprint density at radius 2 is 2.40 bits per heavy atom. The van der Waals surface area contributed by atoms with E-state index in [0.29, 0.717) is 0 Å². The van der Waals surface area contributed by atoms with Crippen molar-refractivity contribution < 1.29 is 19.0 Å². The first kappa shape index (κ1) is 14.3. The maximum Gasteiger partial charge on any atom is 0.330 e. The number of H-pyrrole nitrogens is 1. The van der Waals surface area contributed by atoms with Crippen LogP contribution in [0.2, 0.25) is 0 Å². The molecular weight excluding hydrogens is 271 g/mol. The number of terminal acetylenes is 1. The van der Waals surface area contributed by atoms with Crippen molar-refractivity contribution in [3.05, 3.63) is 27.0 Å². The molecule has 0 aliphatic carbocycles. The van der Waals surface area contributed by atoms with Crippen LogP contribution in [0.4, 0.5) is 4.39 Å². The molecule has 108 valence electrons. The number of nitrogens with zero attached hydrogens (tertiary/aromatic N) is 1. The van der Waals surface area contributed by atoms with Gasteiger partial charge in [0.05, 0.1) is 12.8 Å². The highest BCUT2D eigenvalue weighted by molar-refractivity contribution is 5.13. The predicted molar refractivity (Wildman–Crippen MR) is 66.2 cm³/mol. The highest BCUT2D eigenvalue weighted by Crippen LogP contribution is 2.29. The molecule has 0 spiro atoms. The topological polar surface area (TPSA) is 93.6 Å². The van der Waals surface area contributed by atoms with Gasteiger partial charge >= 0.3 is 5.69 Å². The van der Waals surface area contributed by atoms with E-state index in [1.165, 1.54) is 0 Å². The third kappa shape index (κ3) is 2.74. The molecular formula is C12H13FN2O5. The lowest BCUT2D eigenvalue weighted by molar-refractivity contribution is -0.0358. The first-order chi connectivity index (χ1) is 9.56. The second kappa shape index (κ2) is 5.90. The number of nitrogens with one attached hydrogen (secondary N) is 1. The van der Waals surface area contributed by atoms with Gasteiger partial charge < -0.3 is 14.6 Å². The average Bonchev–Trinajstić information content (AvgIpc) is 2.79. The number of aromatic nitrogens is 2. The Hall–Kier alpha value is -2.11. The predicted octanol–water partition coefficient (Wildman–Crippen LogP) is -0.833. The van der Waals surface area contributed by atoms with Crippen LogP contribution >= 0.6 is 0 Å². The molecule has 1 saturated heterocycles. The van der Waals surface area contributed by atoms with Crippen molar-refractivity contribution >= 4 is 0 Å². The zero-order valence-electron chi connectivity index (χ0n) is 10.4. The van der Waals surface area contributed by atoms with Crippen molar-refractivity contribution in [3.63, 3.8) is 0 Å². The lowest BCUT2D eigenvalue weighted by atomic mass is 10.2. The van der Waals surface area contributed by atoms with Crippen molar-refractivity contribution in [2.24, 2.45) is 0 Å². The number of hydrogen-bond acceptors (Lipinski definition) is 5. The Bertz CT molecular complexity index is 632. The van der Waals surface area contributed by atoms with Crippen LogP contribution in [0.5, 0.6) is 5.75 Å². The van der Waals surface area contributed by atoms with E-state index in [0.717, 1.165) is 10.8 Å². The van der Waals surface area contributed by atoms with Crippen molar-refractivity contribution in [2.75, 3.05) is 13.2 Å². The number of aliphatic hydroxyl groups excluding tert-OH is 1. The largest absolute Gasteiger partial charge is 0.474 e. The van der Waals surface area contributed by atoms with Gasteiger partial charge in [-0.1, -0.05) is 5.92 Å². The molecule has 1 aliphatic heterocycles. The molecule has 2 rings (SSSR count). The lowest BCUT2D eigenvalue weighted by Crippen LogP contribution is -2.33. The summed E-state index contributed by atoms with van der Waals surface area (Å²) in [7, 11) is 0. The third-order valence-corrected chi connectivity index (χ3v) is 2.90. The monoisotopic (exact) mass is 284 g/mol. The molecule has 0 aromatic carbocycles. The number of aromatic amines is 1. The van der Waals surface area contributed by atoms with Gasteiger partial charge in [-0.15, -0.1) is 6.42 Å². The van der Waals surface area contributed by atoms with Gasteiger partial charge in [0.1, 0.15) is 25.1 Å². The quantitative estimate of drug-likeness (QED) is 0.704. The summed E-state index contributed by atoms with van der Waals surface area (Å²) < 4.78 is 24.7. The highest BCUT2D eigenvalue weighted by atomic mass is 19.1. The summed E-state index contributed by atoms with van der Waals surface area (Å²) in [5.74, 6) is 2.03. The van der Waals surface area contributed by atoms with Crippen LogP contribution in [0.15, 0.2) is 15.8 Å². The van der Waals surface area contributed by atoms with Crippen LogP contribution < -0.4 is 16.0 Å². The number of hydrogen-bond donors (Lipinski definition) is 2. The van der Waals surface area contributed by atoms with Gasteiger partial charge in [-0.25, -0.2) is 9.18 Å². The second-order valence-corrected chi connectivity index (χ2v) is 4.22. The molecule has 2 heterocycles. The van der Waals surface area contributed by atoms with Crippen LogP contribution in [-0.4, -0.2) is 40.1 Å². The van der Waals surface area contributed by atoms with Crippen LogP contribution in [0, 0.1) is 12.3 Å². The van der Waals surface area contributed by atoms with Crippen molar-refractivity contribution in [1.29, 1.82) is 0 Å². The van der Waals surface area contributed by atoms with Crippen molar-refractivity contribution in [1.82, 2.24) is 9.55 Å². The lowest BCUT2D eigenvalue weighted by Gasteiger charge is -2.15. The van der Waals surface area contributed by atoms with E-state index >= 15 is 0 Å². The summed E-state index contributed by atoms with van der Waals surface area (Å²) >= 11 is 0. The summed E-state index contributed by atoms with van der Waals surface area (Å²) in [6.45, 7) is -0.631. The van der Waals surface area contributed by atoms with Gasteiger partial charge in [0.15, 0.2) is 0 Å². The normalized spacial score (nSPS) is 25.4. The minimum Gasteiger partial charge on any atom is -0.474 e. The van der Waals surface area contributed by atoms with Gasteiger partial charge in [0, 0.05) is 6.42 Å². The summed E-state index contributed by atoms with van der Waals surface area (Å²) in [5.41, 5.74) is -1.48. The molecule has 0 unspecified atom stereocenters. The number of aliphatic hydroxyl groups is 1. The molecule has 1 aromatic rings. The van der Waals surface area contributed by atoms with E-state index in [4.69, 9.17) is 21.0 Å². The second-order valence-electron chi connectivity index (χ2n) is 4.22. The Balaban J connectivity index is 2.31. The minimum atomic E-state index is -1.39. The summed E-state index contributed by atoms with van der Waals surface area (Å²) in [4.78, 5) is 25.2. The molecule has 1 fully saturated rings. The number of halogens is 1. The minimum absolute atomic E-state index is 0.105. The molecule has 8 heteroatoms. The Morgan fingerprint density at radius 1 is 1.65 bits per heavy atom. The Labute approximate surface area is 113 Å². The fraction of sp³-hybridized carbons (Fsp3) is 0.500. The molecule has 0 amide bonds. The highest BCUT2D eigenvalue weighted by Gasteiger charge is 2.36. The SMILES string of the molecule is C#CCOc1cn([C@H]2C[C@H](F)[C@@H](CO)O2)c(=O)[nH]c1=O. The molecule has 0 radical (unpaired) electrons. The molecule has 1 aliphatic rings. The van der Waals surface area contributed by atoms with Crippen molar-refractivity contribution in [2.45, 2.75) is 24.9 Å². The molecule has 20 heavy (non-hydrogen) atoms. The Kier molecular flexibility index (Phi) is 4.22. The van der Waals surface area contributed by atoms with Crippen LogP contribution in [0.1, 0.15) is 12.6 Å². The molecule has 0 bridgehead atoms. The van der Waals surface area contributed by atoms with E-state index in [1.54, 1.807) is 0 Å². The van der Waals surface area contributed by atoms with Crippen LogP contribution in [0.25, 0.3) is 0 Å².